The van der Waals surface area contributed by atoms with Gasteiger partial charge >= 0.3 is 0 Å². The van der Waals surface area contributed by atoms with Crippen molar-refractivity contribution in [3.63, 3.8) is 0 Å². The van der Waals surface area contributed by atoms with E-state index in [0.717, 1.165) is 24.7 Å². The number of phenolic OH excluding ortho intramolecular Hbond substituents is 1. The number of piperazine rings is 1. The molecule has 6 heteroatoms. The normalized spacial score (nSPS) is 15.0. The van der Waals surface area contributed by atoms with E-state index in [0.29, 0.717) is 18.7 Å². The lowest BCUT2D eigenvalue weighted by molar-refractivity contribution is 0.0746. The Hall–Kier alpha value is -2.63. The third-order valence-corrected chi connectivity index (χ3v) is 3.77. The zero-order valence-electron chi connectivity index (χ0n) is 12.4. The average Bonchev–Trinajstić information content (AvgIpc) is 2.55. The highest BCUT2D eigenvalue weighted by atomic mass is 16.3. The molecule has 0 saturated carbocycles. The number of carbonyl (C=O) groups is 1. The van der Waals surface area contributed by atoms with E-state index in [4.69, 9.17) is 0 Å². The standard InChI is InChI=1S/C16H18N4O2/c1-12-17-7-6-15(18-12)19-8-10-20(11-9-19)16(22)13-2-4-14(21)5-3-13/h2-7,21H,8-11H2,1H3. The Morgan fingerprint density at radius 3 is 2.41 bits per heavy atom. The molecular formula is C16H18N4O2. The molecule has 1 N–H and O–H groups in total. The van der Waals surface area contributed by atoms with Crippen LogP contribution in [0.1, 0.15) is 16.2 Å². The first-order valence-corrected chi connectivity index (χ1v) is 7.26. The summed E-state index contributed by atoms with van der Waals surface area (Å²) in [6.45, 7) is 4.68. The number of hydrogen-bond donors (Lipinski definition) is 1. The molecule has 2 aromatic rings. The first-order valence-electron chi connectivity index (χ1n) is 7.26. The van der Waals surface area contributed by atoms with Gasteiger partial charge < -0.3 is 14.9 Å². The number of carbonyl (C=O) groups excluding carboxylic acids is 1. The van der Waals surface area contributed by atoms with Crippen molar-refractivity contribution in [1.82, 2.24) is 14.9 Å². The van der Waals surface area contributed by atoms with Crippen molar-refractivity contribution in [1.29, 1.82) is 0 Å². The van der Waals surface area contributed by atoms with E-state index in [2.05, 4.69) is 14.9 Å². The van der Waals surface area contributed by atoms with Gasteiger partial charge in [-0.3, -0.25) is 4.79 Å². The molecule has 1 aromatic heterocycles. The van der Waals surface area contributed by atoms with E-state index < -0.39 is 0 Å². The summed E-state index contributed by atoms with van der Waals surface area (Å²) in [5, 5.41) is 9.29. The first kappa shape index (κ1) is 14.3. The summed E-state index contributed by atoms with van der Waals surface area (Å²) in [5.41, 5.74) is 0.601. The molecule has 2 heterocycles. The molecule has 0 atom stereocenters. The third-order valence-electron chi connectivity index (χ3n) is 3.77. The predicted molar refractivity (Wildman–Crippen MR) is 83.0 cm³/mol. The van der Waals surface area contributed by atoms with Crippen molar-refractivity contribution in [3.05, 3.63) is 47.9 Å². The molecule has 0 aliphatic carbocycles. The van der Waals surface area contributed by atoms with Gasteiger partial charge in [0.2, 0.25) is 0 Å². The molecule has 1 fully saturated rings. The predicted octanol–water partition coefficient (Wildman–Crippen LogP) is 1.45. The van der Waals surface area contributed by atoms with Gasteiger partial charge in [-0.1, -0.05) is 0 Å². The van der Waals surface area contributed by atoms with Crippen LogP contribution in [-0.4, -0.2) is 52.1 Å². The molecule has 22 heavy (non-hydrogen) atoms. The van der Waals surface area contributed by atoms with Crippen molar-refractivity contribution in [2.45, 2.75) is 6.92 Å². The van der Waals surface area contributed by atoms with Gasteiger partial charge in [-0.05, 0) is 37.3 Å². The summed E-state index contributed by atoms with van der Waals surface area (Å²) in [6, 6.07) is 8.26. The largest absolute Gasteiger partial charge is 0.508 e. The maximum atomic E-state index is 12.4. The Bertz CT molecular complexity index is 664. The minimum atomic E-state index is -0.00137. The number of nitrogens with zero attached hydrogens (tertiary/aromatic N) is 4. The molecule has 6 nitrogen and oxygen atoms in total. The van der Waals surface area contributed by atoms with Crippen LogP contribution in [0.4, 0.5) is 5.82 Å². The fraction of sp³-hybridized carbons (Fsp3) is 0.312. The van der Waals surface area contributed by atoms with E-state index in [-0.39, 0.29) is 11.7 Å². The number of aromatic nitrogens is 2. The van der Waals surface area contributed by atoms with Gasteiger partial charge in [0.25, 0.3) is 5.91 Å². The Balaban J connectivity index is 1.64. The maximum absolute atomic E-state index is 12.4. The Kier molecular flexibility index (Phi) is 3.91. The number of anilines is 1. The molecule has 0 radical (unpaired) electrons. The molecule has 114 valence electrons. The van der Waals surface area contributed by atoms with Crippen LogP contribution >= 0.6 is 0 Å². The van der Waals surface area contributed by atoms with Crippen LogP contribution in [0.2, 0.25) is 0 Å². The lowest BCUT2D eigenvalue weighted by Crippen LogP contribution is -2.49. The van der Waals surface area contributed by atoms with Crippen molar-refractivity contribution in [3.8, 4) is 5.75 Å². The van der Waals surface area contributed by atoms with Crippen molar-refractivity contribution in [2.75, 3.05) is 31.1 Å². The minimum Gasteiger partial charge on any atom is -0.508 e. The Morgan fingerprint density at radius 2 is 1.77 bits per heavy atom. The van der Waals surface area contributed by atoms with Crippen molar-refractivity contribution >= 4 is 11.7 Å². The number of benzene rings is 1. The average molecular weight is 298 g/mol. The van der Waals surface area contributed by atoms with E-state index in [1.807, 2.05) is 17.9 Å². The van der Waals surface area contributed by atoms with E-state index >= 15 is 0 Å². The van der Waals surface area contributed by atoms with E-state index in [1.54, 1.807) is 18.3 Å². The molecule has 1 amide bonds. The molecule has 1 aromatic carbocycles. The number of aryl methyl sites for hydroxylation is 1. The molecule has 0 spiro atoms. The topological polar surface area (TPSA) is 69.6 Å². The van der Waals surface area contributed by atoms with Gasteiger partial charge in [-0.15, -0.1) is 0 Å². The van der Waals surface area contributed by atoms with Crippen LogP contribution in [0.25, 0.3) is 0 Å². The Morgan fingerprint density at radius 1 is 1.09 bits per heavy atom. The third kappa shape index (κ3) is 3.00. The summed E-state index contributed by atoms with van der Waals surface area (Å²) in [4.78, 5) is 24.9. The lowest BCUT2D eigenvalue weighted by atomic mass is 10.1. The second-order valence-electron chi connectivity index (χ2n) is 5.29. The highest BCUT2D eigenvalue weighted by molar-refractivity contribution is 5.94. The smallest absolute Gasteiger partial charge is 0.253 e. The summed E-state index contributed by atoms with van der Waals surface area (Å²) < 4.78 is 0. The fourth-order valence-corrected chi connectivity index (χ4v) is 2.55. The van der Waals surface area contributed by atoms with Gasteiger partial charge in [-0.2, -0.15) is 0 Å². The van der Waals surface area contributed by atoms with Crippen molar-refractivity contribution in [2.24, 2.45) is 0 Å². The molecule has 0 unspecified atom stereocenters. The summed E-state index contributed by atoms with van der Waals surface area (Å²) in [7, 11) is 0. The quantitative estimate of drug-likeness (QED) is 0.909. The summed E-state index contributed by atoms with van der Waals surface area (Å²) in [5.74, 6) is 1.82. The zero-order chi connectivity index (χ0) is 15.5. The fourth-order valence-electron chi connectivity index (χ4n) is 2.55. The van der Waals surface area contributed by atoms with E-state index in [1.165, 1.54) is 12.1 Å². The summed E-state index contributed by atoms with van der Waals surface area (Å²) in [6.07, 6.45) is 1.76. The van der Waals surface area contributed by atoms with Gasteiger partial charge in [0.1, 0.15) is 17.4 Å². The van der Waals surface area contributed by atoms with Crippen LogP contribution in [0.15, 0.2) is 36.5 Å². The molecule has 1 saturated heterocycles. The monoisotopic (exact) mass is 298 g/mol. The molecule has 3 rings (SSSR count). The van der Waals surface area contributed by atoms with Crippen LogP contribution < -0.4 is 4.90 Å². The zero-order valence-corrected chi connectivity index (χ0v) is 12.4. The highest BCUT2D eigenvalue weighted by Gasteiger charge is 2.22. The number of hydrogen-bond acceptors (Lipinski definition) is 5. The molecule has 1 aliphatic heterocycles. The Labute approximate surface area is 129 Å². The van der Waals surface area contributed by atoms with E-state index in [9.17, 15) is 9.90 Å². The van der Waals surface area contributed by atoms with Gasteiger partial charge in [0, 0.05) is 37.9 Å². The number of phenols is 1. The molecule has 0 bridgehead atoms. The SMILES string of the molecule is Cc1nccc(N2CCN(C(=O)c3ccc(O)cc3)CC2)n1. The van der Waals surface area contributed by atoms with Crippen LogP contribution in [0, 0.1) is 6.92 Å². The first-order chi connectivity index (χ1) is 10.6. The second-order valence-corrected chi connectivity index (χ2v) is 5.29. The number of amides is 1. The minimum absolute atomic E-state index is 0.00137. The molecule has 1 aliphatic rings. The second kappa shape index (κ2) is 6.01. The van der Waals surface area contributed by atoms with Gasteiger partial charge in [0.15, 0.2) is 0 Å². The summed E-state index contributed by atoms with van der Waals surface area (Å²) >= 11 is 0. The number of aromatic hydroxyl groups is 1. The molecular weight excluding hydrogens is 280 g/mol. The lowest BCUT2D eigenvalue weighted by Gasteiger charge is -2.35. The number of rotatable bonds is 2. The van der Waals surface area contributed by atoms with Crippen LogP contribution in [-0.2, 0) is 0 Å². The van der Waals surface area contributed by atoms with Crippen LogP contribution in [0.5, 0.6) is 5.75 Å². The van der Waals surface area contributed by atoms with Crippen molar-refractivity contribution < 1.29 is 9.90 Å². The van der Waals surface area contributed by atoms with Gasteiger partial charge in [0.05, 0.1) is 0 Å². The highest BCUT2D eigenvalue weighted by Crippen LogP contribution is 2.16. The maximum Gasteiger partial charge on any atom is 0.253 e. The van der Waals surface area contributed by atoms with Gasteiger partial charge in [-0.25, -0.2) is 9.97 Å². The van der Waals surface area contributed by atoms with Crippen LogP contribution in [0.3, 0.4) is 0 Å².